The number of anilines is 3. The number of ether oxygens (including phenoxy) is 2. The van der Waals surface area contributed by atoms with Crippen molar-refractivity contribution < 1.29 is 46.9 Å². The maximum Gasteiger partial charge on any atom is 0.481 e. The largest absolute Gasteiger partial charge is 0.481 e. The average molecular weight is 501 g/mol. The van der Waals surface area contributed by atoms with E-state index >= 15 is 0 Å². The van der Waals surface area contributed by atoms with Crippen molar-refractivity contribution >= 4 is 33.1 Å². The fraction of sp³-hybridized carbons (Fsp3) is 0.571. The number of nitrogens with one attached hydrogen (secondary N) is 2. The van der Waals surface area contributed by atoms with E-state index in [2.05, 4.69) is 30.7 Å². The SMILES string of the molecule is C=CN(c1nc(N)[nH]c(=O)c1NC)[C@@H]1O[C@H](COP(=O)(O)OP(=O)(O)OC)C(OC)C1O. The van der Waals surface area contributed by atoms with Crippen LogP contribution in [-0.2, 0) is 32.0 Å². The topological polar surface area (TPSA) is 228 Å². The zero-order chi connectivity index (χ0) is 24.3. The fourth-order valence-electron chi connectivity index (χ4n) is 2.93. The molecule has 6 atom stereocenters. The number of phosphoric ester groups is 2. The van der Waals surface area contributed by atoms with Crippen LogP contribution in [0.4, 0.5) is 17.5 Å². The molecule has 1 saturated heterocycles. The number of aromatic amines is 1. The molecule has 1 aliphatic heterocycles. The number of aliphatic hydroxyl groups excluding tert-OH is 1. The first-order chi connectivity index (χ1) is 14.9. The Morgan fingerprint density at radius 3 is 2.56 bits per heavy atom. The first-order valence-corrected chi connectivity index (χ1v) is 11.8. The maximum atomic E-state index is 12.2. The molecule has 182 valence electrons. The number of H-pyrrole nitrogens is 1. The summed E-state index contributed by atoms with van der Waals surface area (Å²) in [6.45, 7) is 2.93. The molecular weight excluding hydrogens is 476 g/mol. The quantitative estimate of drug-likeness (QED) is 0.206. The summed E-state index contributed by atoms with van der Waals surface area (Å²) in [4.78, 5) is 38.6. The van der Waals surface area contributed by atoms with E-state index in [9.17, 15) is 28.8 Å². The molecule has 4 unspecified atom stereocenters. The van der Waals surface area contributed by atoms with Gasteiger partial charge in [-0.2, -0.15) is 9.29 Å². The summed E-state index contributed by atoms with van der Waals surface area (Å²) in [5.41, 5.74) is 5.02. The van der Waals surface area contributed by atoms with E-state index in [-0.39, 0.29) is 17.5 Å². The van der Waals surface area contributed by atoms with Gasteiger partial charge in [0.2, 0.25) is 5.95 Å². The number of aromatic nitrogens is 2. The summed E-state index contributed by atoms with van der Waals surface area (Å²) in [6.07, 6.45) is -3.67. The molecule has 2 heterocycles. The van der Waals surface area contributed by atoms with Crippen LogP contribution in [0.15, 0.2) is 17.6 Å². The highest BCUT2D eigenvalue weighted by Crippen LogP contribution is 2.60. The Hall–Kier alpha value is -1.84. The Kier molecular flexibility index (Phi) is 8.58. The number of hydrogen-bond donors (Lipinski definition) is 6. The number of nitrogens with zero attached hydrogens (tertiary/aromatic N) is 2. The van der Waals surface area contributed by atoms with E-state index in [0.29, 0.717) is 0 Å². The summed E-state index contributed by atoms with van der Waals surface area (Å²) < 4.78 is 47.0. The molecule has 0 amide bonds. The van der Waals surface area contributed by atoms with Gasteiger partial charge in [-0.05, 0) is 0 Å². The van der Waals surface area contributed by atoms with Crippen molar-refractivity contribution in [3.8, 4) is 0 Å². The molecule has 2 rings (SSSR count). The highest BCUT2D eigenvalue weighted by molar-refractivity contribution is 7.61. The molecule has 0 aromatic carbocycles. The molecule has 0 saturated carbocycles. The molecule has 16 nitrogen and oxygen atoms in total. The van der Waals surface area contributed by atoms with Crippen molar-refractivity contribution in [1.29, 1.82) is 0 Å². The highest BCUT2D eigenvalue weighted by Gasteiger charge is 2.48. The average Bonchev–Trinajstić information content (AvgIpc) is 3.01. The number of nitrogens with two attached hydrogens (primary N) is 1. The van der Waals surface area contributed by atoms with Gasteiger partial charge in [0.25, 0.3) is 5.56 Å². The van der Waals surface area contributed by atoms with Gasteiger partial charge in [0.05, 0.1) is 6.61 Å². The minimum atomic E-state index is -5.05. The van der Waals surface area contributed by atoms with E-state index in [1.165, 1.54) is 25.3 Å². The van der Waals surface area contributed by atoms with Gasteiger partial charge >= 0.3 is 15.6 Å². The number of nitrogen functional groups attached to an aromatic ring is 1. The third kappa shape index (κ3) is 5.94. The van der Waals surface area contributed by atoms with Crippen molar-refractivity contribution in [2.45, 2.75) is 24.5 Å². The second-order valence-electron chi connectivity index (χ2n) is 6.24. The molecule has 1 aromatic rings. The van der Waals surface area contributed by atoms with Crippen LogP contribution in [0.25, 0.3) is 0 Å². The van der Waals surface area contributed by atoms with E-state index in [4.69, 9.17) is 19.7 Å². The Balaban J connectivity index is 2.27. The first-order valence-electron chi connectivity index (χ1n) is 8.81. The molecule has 0 aliphatic carbocycles. The molecule has 0 radical (unpaired) electrons. The minimum absolute atomic E-state index is 0.00455. The van der Waals surface area contributed by atoms with Crippen LogP contribution in [0.1, 0.15) is 0 Å². The second-order valence-corrected chi connectivity index (χ2v) is 9.39. The number of phosphoric acid groups is 2. The van der Waals surface area contributed by atoms with Crippen LogP contribution >= 0.6 is 15.6 Å². The molecule has 1 aromatic heterocycles. The third-order valence-corrected chi connectivity index (χ3v) is 6.89. The molecule has 18 heteroatoms. The van der Waals surface area contributed by atoms with Crippen LogP contribution in [-0.4, -0.2) is 77.3 Å². The first kappa shape index (κ1) is 26.4. The minimum Gasteiger partial charge on any atom is -0.386 e. The summed E-state index contributed by atoms with van der Waals surface area (Å²) in [6, 6.07) is 0. The number of rotatable bonds is 11. The lowest BCUT2D eigenvalue weighted by molar-refractivity contribution is -0.0347. The summed E-state index contributed by atoms with van der Waals surface area (Å²) in [5.74, 6) is -0.238. The lowest BCUT2D eigenvalue weighted by atomic mass is 10.1. The smallest absolute Gasteiger partial charge is 0.386 e. The zero-order valence-electron chi connectivity index (χ0n) is 17.3. The van der Waals surface area contributed by atoms with Crippen LogP contribution in [0.2, 0.25) is 0 Å². The van der Waals surface area contributed by atoms with Gasteiger partial charge in [-0.3, -0.25) is 18.8 Å². The molecule has 0 spiro atoms. The van der Waals surface area contributed by atoms with Crippen molar-refractivity contribution in [2.24, 2.45) is 0 Å². The van der Waals surface area contributed by atoms with Crippen molar-refractivity contribution in [2.75, 3.05) is 43.8 Å². The van der Waals surface area contributed by atoms with Crippen molar-refractivity contribution in [3.63, 3.8) is 0 Å². The van der Waals surface area contributed by atoms with Crippen molar-refractivity contribution in [1.82, 2.24) is 9.97 Å². The van der Waals surface area contributed by atoms with Gasteiger partial charge in [0, 0.05) is 27.5 Å². The summed E-state index contributed by atoms with van der Waals surface area (Å²) in [7, 11) is -6.37. The molecule has 0 bridgehead atoms. The van der Waals surface area contributed by atoms with Crippen LogP contribution < -0.4 is 21.5 Å². The van der Waals surface area contributed by atoms with Crippen LogP contribution in [0, 0.1) is 0 Å². The Bertz CT molecular complexity index is 975. The lowest BCUT2D eigenvalue weighted by Gasteiger charge is -2.29. The lowest BCUT2D eigenvalue weighted by Crippen LogP contribution is -2.43. The Labute approximate surface area is 182 Å². The predicted molar refractivity (Wildman–Crippen MR) is 111 cm³/mol. The number of aliphatic hydroxyl groups is 1. The molecule has 1 aliphatic rings. The number of hydrogen-bond acceptors (Lipinski definition) is 13. The Morgan fingerprint density at radius 1 is 1.38 bits per heavy atom. The maximum absolute atomic E-state index is 12.2. The normalized spacial score (nSPS) is 26.8. The molecule has 32 heavy (non-hydrogen) atoms. The molecular formula is C14H25N5O11P2. The van der Waals surface area contributed by atoms with Gasteiger partial charge in [-0.25, -0.2) is 9.13 Å². The van der Waals surface area contributed by atoms with Gasteiger partial charge in [-0.1, -0.05) is 6.58 Å². The monoisotopic (exact) mass is 501 g/mol. The van der Waals surface area contributed by atoms with Gasteiger partial charge < -0.3 is 40.3 Å². The summed E-state index contributed by atoms with van der Waals surface area (Å²) in [5, 5.41) is 13.4. The standard InChI is InChI=1S/C14H25N5O11P2/c1-5-19(11-8(16-2)12(21)18-14(15)17-11)13-9(20)10(26-3)7(29-13)6-28-32(24,25)30-31(22,23)27-4/h5,7,9-10,13,16,20H,1,6H2,2-4H3,(H,22,23)(H,24,25)(H3,15,17,18,21)/t7-,9?,10?,13-/m1/s1. The van der Waals surface area contributed by atoms with E-state index < -0.39 is 52.4 Å². The molecule has 7 N–H and O–H groups in total. The number of methoxy groups -OCH3 is 1. The third-order valence-electron chi connectivity index (χ3n) is 4.30. The van der Waals surface area contributed by atoms with Crippen molar-refractivity contribution in [3.05, 3.63) is 23.1 Å². The van der Waals surface area contributed by atoms with E-state index in [0.717, 1.165) is 7.11 Å². The second kappa shape index (κ2) is 10.4. The summed E-state index contributed by atoms with van der Waals surface area (Å²) >= 11 is 0. The van der Waals surface area contributed by atoms with Crippen LogP contribution in [0.3, 0.4) is 0 Å². The van der Waals surface area contributed by atoms with Crippen LogP contribution in [0.5, 0.6) is 0 Å². The van der Waals surface area contributed by atoms with E-state index in [1.54, 1.807) is 0 Å². The van der Waals surface area contributed by atoms with Gasteiger partial charge in [0.1, 0.15) is 24.0 Å². The Morgan fingerprint density at radius 2 is 2.03 bits per heavy atom. The van der Waals surface area contributed by atoms with E-state index in [1.807, 2.05) is 0 Å². The van der Waals surface area contributed by atoms with Gasteiger partial charge in [0.15, 0.2) is 12.0 Å². The molecule has 1 fully saturated rings. The predicted octanol–water partition coefficient (Wildman–Crippen LogP) is -0.675. The zero-order valence-corrected chi connectivity index (χ0v) is 19.1. The fourth-order valence-corrected chi connectivity index (χ4v) is 4.76. The highest BCUT2D eigenvalue weighted by atomic mass is 31.3. The van der Waals surface area contributed by atoms with Gasteiger partial charge in [-0.15, -0.1) is 0 Å².